The maximum Gasteiger partial charge on any atom is 0.357 e. The number of hydrogen-bond donors (Lipinski definition) is 0. The Hall–Kier alpha value is -1.84. The van der Waals surface area contributed by atoms with E-state index >= 15 is 0 Å². The first-order valence-electron chi connectivity index (χ1n) is 9.26. The second-order valence-electron chi connectivity index (χ2n) is 7.08. The number of hydrogen-bond acceptors (Lipinski definition) is 8. The molecule has 0 radical (unpaired) electrons. The molecule has 1 aromatic heterocycles. The second kappa shape index (κ2) is 7.88. The van der Waals surface area contributed by atoms with Crippen molar-refractivity contribution < 1.29 is 28.5 Å². The van der Waals surface area contributed by atoms with E-state index in [0.717, 1.165) is 5.56 Å². The smallest absolute Gasteiger partial charge is 0.357 e. The number of carbonyl (C=O) groups is 1. The number of carbonyl (C=O) groups excluding carboxylic acids is 1. The highest BCUT2D eigenvalue weighted by Crippen LogP contribution is 2.45. The number of aromatic nitrogens is 1. The Morgan fingerprint density at radius 2 is 2.04 bits per heavy atom. The lowest BCUT2D eigenvalue weighted by Gasteiger charge is -2.25. The maximum atomic E-state index is 11.9. The Morgan fingerprint density at radius 1 is 1.25 bits per heavy atom. The van der Waals surface area contributed by atoms with E-state index in [1.165, 1.54) is 11.3 Å². The van der Waals surface area contributed by atoms with Crippen molar-refractivity contribution in [2.45, 2.75) is 57.8 Å². The Morgan fingerprint density at radius 3 is 2.79 bits per heavy atom. The number of thiazole rings is 1. The molecule has 150 valence electrons. The number of fused-ring (bicyclic) bond motifs is 1. The number of benzene rings is 1. The van der Waals surface area contributed by atoms with Crippen LogP contribution in [0.2, 0.25) is 0 Å². The number of ether oxygens (including phenoxy) is 5. The maximum absolute atomic E-state index is 11.9. The van der Waals surface area contributed by atoms with Crippen LogP contribution < -0.4 is 0 Å². The van der Waals surface area contributed by atoms with Crippen molar-refractivity contribution in [3.63, 3.8) is 0 Å². The van der Waals surface area contributed by atoms with Crippen LogP contribution in [-0.2, 0) is 30.3 Å². The standard InChI is InChI=1S/C20H23NO6S/c1-4-23-18(22)13-11-28-17(21-13)15-14(24-10-12-8-6-5-7-9-12)16-19(25-15)27-20(2,3)26-16/h5-9,11,14-16,19H,4,10H2,1-3H3/t14-,15-,16-,19-/m1/s1. The molecule has 28 heavy (non-hydrogen) atoms. The summed E-state index contributed by atoms with van der Waals surface area (Å²) in [4.78, 5) is 16.4. The molecule has 2 aliphatic rings. The van der Waals surface area contributed by atoms with Gasteiger partial charge in [0.2, 0.25) is 0 Å². The summed E-state index contributed by atoms with van der Waals surface area (Å²) in [5.41, 5.74) is 1.32. The molecule has 0 saturated carbocycles. The normalized spacial score (nSPS) is 28.2. The van der Waals surface area contributed by atoms with Gasteiger partial charge >= 0.3 is 5.97 Å². The van der Waals surface area contributed by atoms with Gasteiger partial charge < -0.3 is 23.7 Å². The van der Waals surface area contributed by atoms with Gasteiger partial charge in [0.15, 0.2) is 17.8 Å². The van der Waals surface area contributed by atoms with Crippen molar-refractivity contribution in [2.24, 2.45) is 0 Å². The summed E-state index contributed by atoms with van der Waals surface area (Å²) in [6, 6.07) is 9.90. The van der Waals surface area contributed by atoms with Gasteiger partial charge in [0.1, 0.15) is 23.3 Å². The molecule has 8 heteroatoms. The van der Waals surface area contributed by atoms with Crippen LogP contribution in [0.25, 0.3) is 0 Å². The molecule has 1 aromatic carbocycles. The molecule has 2 aliphatic heterocycles. The van der Waals surface area contributed by atoms with Crippen molar-refractivity contribution in [2.75, 3.05) is 6.61 Å². The fourth-order valence-corrected chi connectivity index (χ4v) is 4.20. The van der Waals surface area contributed by atoms with Crippen molar-refractivity contribution >= 4 is 17.3 Å². The monoisotopic (exact) mass is 405 g/mol. The average molecular weight is 405 g/mol. The SMILES string of the molecule is CCOC(=O)c1csc([C@@H]2O[C@@H]3OC(C)(C)O[C@@H]3[C@@H]2OCc2ccccc2)n1. The summed E-state index contributed by atoms with van der Waals surface area (Å²) >= 11 is 1.34. The third kappa shape index (κ3) is 3.97. The summed E-state index contributed by atoms with van der Waals surface area (Å²) < 4.78 is 29.2. The predicted molar refractivity (Wildman–Crippen MR) is 101 cm³/mol. The number of esters is 1. The predicted octanol–water partition coefficient (Wildman–Crippen LogP) is 3.45. The van der Waals surface area contributed by atoms with Crippen molar-refractivity contribution in [1.82, 2.24) is 4.98 Å². The molecule has 3 heterocycles. The van der Waals surface area contributed by atoms with Crippen molar-refractivity contribution in [3.05, 3.63) is 52.0 Å². The molecule has 0 N–H and O–H groups in total. The van der Waals surface area contributed by atoms with Crippen LogP contribution in [0.3, 0.4) is 0 Å². The van der Waals surface area contributed by atoms with E-state index in [4.69, 9.17) is 23.7 Å². The number of nitrogens with zero attached hydrogens (tertiary/aromatic N) is 1. The van der Waals surface area contributed by atoms with E-state index in [0.29, 0.717) is 18.2 Å². The summed E-state index contributed by atoms with van der Waals surface area (Å²) in [6.07, 6.45) is -1.81. The molecule has 0 aliphatic carbocycles. The molecular weight excluding hydrogens is 382 g/mol. The first-order chi connectivity index (χ1) is 13.5. The van der Waals surface area contributed by atoms with E-state index in [9.17, 15) is 4.79 Å². The van der Waals surface area contributed by atoms with Crippen LogP contribution in [0.4, 0.5) is 0 Å². The van der Waals surface area contributed by atoms with Gasteiger partial charge in [-0.15, -0.1) is 11.3 Å². The fraction of sp³-hybridized carbons (Fsp3) is 0.500. The van der Waals surface area contributed by atoms with Gasteiger partial charge in [-0.3, -0.25) is 0 Å². The quantitative estimate of drug-likeness (QED) is 0.681. The fourth-order valence-electron chi connectivity index (χ4n) is 3.34. The topological polar surface area (TPSA) is 76.1 Å². The zero-order chi connectivity index (χ0) is 19.7. The number of rotatable bonds is 6. The molecule has 2 saturated heterocycles. The van der Waals surface area contributed by atoms with Crippen LogP contribution in [0.1, 0.15) is 47.9 Å². The molecule has 0 amide bonds. The highest BCUT2D eigenvalue weighted by molar-refractivity contribution is 7.09. The summed E-state index contributed by atoms with van der Waals surface area (Å²) in [5, 5.41) is 2.31. The highest BCUT2D eigenvalue weighted by atomic mass is 32.1. The van der Waals surface area contributed by atoms with Crippen molar-refractivity contribution in [1.29, 1.82) is 0 Å². The van der Waals surface area contributed by atoms with Gasteiger partial charge in [-0.25, -0.2) is 9.78 Å². The van der Waals surface area contributed by atoms with Gasteiger partial charge in [0.25, 0.3) is 0 Å². The lowest BCUT2D eigenvalue weighted by atomic mass is 10.1. The van der Waals surface area contributed by atoms with Gasteiger partial charge in [0.05, 0.1) is 13.2 Å². The van der Waals surface area contributed by atoms with Gasteiger partial charge in [-0.05, 0) is 26.3 Å². The van der Waals surface area contributed by atoms with E-state index in [1.807, 2.05) is 44.2 Å². The van der Waals surface area contributed by atoms with Crippen LogP contribution >= 0.6 is 11.3 Å². The first kappa shape index (κ1) is 19.5. The summed E-state index contributed by atoms with van der Waals surface area (Å²) in [6.45, 7) is 6.17. The van der Waals surface area contributed by atoms with Crippen LogP contribution in [0, 0.1) is 0 Å². The molecule has 0 unspecified atom stereocenters. The minimum atomic E-state index is -0.742. The Balaban J connectivity index is 1.54. The minimum Gasteiger partial charge on any atom is -0.461 e. The van der Waals surface area contributed by atoms with Gasteiger partial charge in [-0.1, -0.05) is 30.3 Å². The largest absolute Gasteiger partial charge is 0.461 e. The summed E-state index contributed by atoms with van der Waals surface area (Å²) in [5.74, 6) is -1.19. The van der Waals surface area contributed by atoms with Crippen LogP contribution in [-0.4, -0.2) is 41.8 Å². The lowest BCUT2D eigenvalue weighted by molar-refractivity contribution is -0.220. The molecule has 0 bridgehead atoms. The molecule has 4 rings (SSSR count). The molecule has 4 atom stereocenters. The van der Waals surface area contributed by atoms with Gasteiger partial charge in [0, 0.05) is 5.38 Å². The highest BCUT2D eigenvalue weighted by Gasteiger charge is 2.56. The molecule has 0 spiro atoms. The second-order valence-corrected chi connectivity index (χ2v) is 7.97. The minimum absolute atomic E-state index is 0.270. The van der Waals surface area contributed by atoms with Crippen LogP contribution in [0.15, 0.2) is 35.7 Å². The third-order valence-electron chi connectivity index (χ3n) is 4.53. The first-order valence-corrected chi connectivity index (χ1v) is 10.1. The Labute approximate surface area is 167 Å². The van der Waals surface area contributed by atoms with E-state index in [-0.39, 0.29) is 11.8 Å². The zero-order valence-electron chi connectivity index (χ0n) is 16.0. The zero-order valence-corrected chi connectivity index (χ0v) is 16.8. The summed E-state index contributed by atoms with van der Waals surface area (Å²) in [7, 11) is 0. The Bertz CT molecular complexity index is 823. The van der Waals surface area contributed by atoms with Crippen molar-refractivity contribution in [3.8, 4) is 0 Å². The lowest BCUT2D eigenvalue weighted by Crippen LogP contribution is -2.33. The molecule has 2 fully saturated rings. The van der Waals surface area contributed by atoms with Crippen LogP contribution in [0.5, 0.6) is 0 Å². The third-order valence-corrected chi connectivity index (χ3v) is 5.43. The Kier molecular flexibility index (Phi) is 5.48. The van der Waals surface area contributed by atoms with E-state index in [2.05, 4.69) is 4.98 Å². The van der Waals surface area contributed by atoms with E-state index in [1.54, 1.807) is 12.3 Å². The average Bonchev–Trinajstić information content (AvgIpc) is 3.33. The van der Waals surface area contributed by atoms with Gasteiger partial charge in [-0.2, -0.15) is 0 Å². The van der Waals surface area contributed by atoms with E-state index < -0.39 is 30.3 Å². The molecule has 7 nitrogen and oxygen atoms in total. The molecule has 2 aromatic rings. The molecular formula is C20H23NO6S.